The molecule has 0 bridgehead atoms. The molecule has 0 saturated heterocycles. The molecule has 4 nitrogen and oxygen atoms in total. The lowest BCUT2D eigenvalue weighted by molar-refractivity contribution is -0.143. The van der Waals surface area contributed by atoms with Crippen molar-refractivity contribution in [3.05, 3.63) is 29.3 Å². The molecule has 1 rings (SSSR count). The number of benzene rings is 1. The molecule has 22 heavy (non-hydrogen) atoms. The van der Waals surface area contributed by atoms with Gasteiger partial charge in [-0.15, -0.1) is 0 Å². The number of methoxy groups -OCH3 is 1. The molecular formula is C18H26O4. The standard InChI is InChI=1S/C18H26O4/c1-4-22-18(20)10-8-6-5-7-9-15-11-12-16(14(2)19)13-17(15)21-3/h11-13H,4-10H2,1-3H3. The summed E-state index contributed by atoms with van der Waals surface area (Å²) in [5, 5.41) is 0. The fourth-order valence-corrected chi connectivity index (χ4v) is 2.34. The van der Waals surface area contributed by atoms with E-state index in [1.807, 2.05) is 19.1 Å². The molecule has 0 aliphatic rings. The molecule has 0 unspecified atom stereocenters. The second-order valence-corrected chi connectivity index (χ2v) is 5.30. The van der Waals surface area contributed by atoms with Crippen LogP contribution in [0.1, 0.15) is 61.9 Å². The Bertz CT molecular complexity index is 494. The van der Waals surface area contributed by atoms with E-state index in [-0.39, 0.29) is 11.8 Å². The van der Waals surface area contributed by atoms with Gasteiger partial charge < -0.3 is 9.47 Å². The normalized spacial score (nSPS) is 10.3. The zero-order chi connectivity index (χ0) is 16.4. The first-order valence-corrected chi connectivity index (χ1v) is 7.92. The molecule has 0 aliphatic heterocycles. The summed E-state index contributed by atoms with van der Waals surface area (Å²) in [6.07, 6.45) is 5.42. The minimum atomic E-state index is -0.107. The highest BCUT2D eigenvalue weighted by atomic mass is 16.5. The smallest absolute Gasteiger partial charge is 0.305 e. The third-order valence-corrected chi connectivity index (χ3v) is 3.58. The summed E-state index contributed by atoms with van der Waals surface area (Å²) in [6.45, 7) is 3.83. The minimum Gasteiger partial charge on any atom is -0.496 e. The van der Waals surface area contributed by atoms with Crippen LogP contribution in [0, 0.1) is 0 Å². The summed E-state index contributed by atoms with van der Waals surface area (Å²) in [6, 6.07) is 5.62. The molecule has 0 atom stereocenters. The molecular weight excluding hydrogens is 280 g/mol. The maximum absolute atomic E-state index is 11.4. The first kappa shape index (κ1) is 18.2. The lowest BCUT2D eigenvalue weighted by Crippen LogP contribution is -2.03. The fourth-order valence-electron chi connectivity index (χ4n) is 2.34. The third kappa shape index (κ3) is 6.29. The summed E-state index contributed by atoms with van der Waals surface area (Å²) in [5.74, 6) is 0.715. The monoisotopic (exact) mass is 306 g/mol. The Morgan fingerprint density at radius 3 is 2.45 bits per heavy atom. The van der Waals surface area contributed by atoms with Crippen LogP contribution in [0.2, 0.25) is 0 Å². The van der Waals surface area contributed by atoms with Crippen LogP contribution >= 0.6 is 0 Å². The van der Waals surface area contributed by atoms with Gasteiger partial charge >= 0.3 is 5.97 Å². The van der Waals surface area contributed by atoms with E-state index in [4.69, 9.17) is 9.47 Å². The summed E-state index contributed by atoms with van der Waals surface area (Å²) in [7, 11) is 1.63. The van der Waals surface area contributed by atoms with Crippen LogP contribution in [-0.4, -0.2) is 25.5 Å². The van der Waals surface area contributed by atoms with E-state index in [0.717, 1.165) is 43.4 Å². The molecule has 0 aliphatic carbocycles. The van der Waals surface area contributed by atoms with Crippen LogP contribution in [0.15, 0.2) is 18.2 Å². The van der Waals surface area contributed by atoms with Crippen LogP contribution in [0.25, 0.3) is 0 Å². The van der Waals surface area contributed by atoms with E-state index in [1.54, 1.807) is 20.1 Å². The molecule has 0 saturated carbocycles. The lowest BCUT2D eigenvalue weighted by atomic mass is 10.0. The quantitative estimate of drug-likeness (QED) is 0.373. The second kappa shape index (κ2) is 9.98. The number of Topliss-reactive ketones (excluding diaryl/α,β-unsaturated/α-hetero) is 1. The fraction of sp³-hybridized carbons (Fsp3) is 0.556. The molecule has 0 aromatic heterocycles. The van der Waals surface area contributed by atoms with E-state index in [0.29, 0.717) is 18.6 Å². The number of hydrogen-bond donors (Lipinski definition) is 0. The molecule has 0 amide bonds. The molecule has 1 aromatic rings. The Labute approximate surface area is 132 Å². The number of ether oxygens (including phenoxy) is 2. The minimum absolute atomic E-state index is 0.0452. The molecule has 4 heteroatoms. The van der Waals surface area contributed by atoms with Gasteiger partial charge in [0, 0.05) is 12.0 Å². The number of esters is 1. The number of carbonyl (C=O) groups is 2. The first-order valence-electron chi connectivity index (χ1n) is 7.92. The highest BCUT2D eigenvalue weighted by molar-refractivity contribution is 5.94. The van der Waals surface area contributed by atoms with Crippen LogP contribution in [0.3, 0.4) is 0 Å². The highest BCUT2D eigenvalue weighted by Gasteiger charge is 2.07. The van der Waals surface area contributed by atoms with Crippen molar-refractivity contribution in [1.29, 1.82) is 0 Å². The van der Waals surface area contributed by atoms with Gasteiger partial charge in [0.1, 0.15) is 5.75 Å². The number of unbranched alkanes of at least 4 members (excludes halogenated alkanes) is 3. The third-order valence-electron chi connectivity index (χ3n) is 3.58. The Morgan fingerprint density at radius 1 is 1.09 bits per heavy atom. The topological polar surface area (TPSA) is 52.6 Å². The van der Waals surface area contributed by atoms with Gasteiger partial charge in [-0.25, -0.2) is 0 Å². The van der Waals surface area contributed by atoms with E-state index < -0.39 is 0 Å². The predicted octanol–water partition coefficient (Wildman–Crippen LogP) is 3.95. The van der Waals surface area contributed by atoms with Crippen molar-refractivity contribution >= 4 is 11.8 Å². The van der Waals surface area contributed by atoms with E-state index in [9.17, 15) is 9.59 Å². The molecule has 0 heterocycles. The Hall–Kier alpha value is -1.84. The van der Waals surface area contributed by atoms with Gasteiger partial charge in [0.25, 0.3) is 0 Å². The lowest BCUT2D eigenvalue weighted by Gasteiger charge is -2.09. The van der Waals surface area contributed by atoms with Crippen molar-refractivity contribution in [3.8, 4) is 5.75 Å². The maximum atomic E-state index is 11.4. The molecule has 1 aromatic carbocycles. The van der Waals surface area contributed by atoms with Crippen molar-refractivity contribution in [3.63, 3.8) is 0 Å². The summed E-state index contributed by atoms with van der Waals surface area (Å²) < 4.78 is 10.3. The van der Waals surface area contributed by atoms with Crippen molar-refractivity contribution in [1.82, 2.24) is 0 Å². The van der Waals surface area contributed by atoms with Gasteiger partial charge in [-0.1, -0.05) is 25.0 Å². The van der Waals surface area contributed by atoms with Gasteiger partial charge in [0.15, 0.2) is 5.78 Å². The van der Waals surface area contributed by atoms with Crippen LogP contribution < -0.4 is 4.74 Å². The van der Waals surface area contributed by atoms with Crippen molar-refractivity contribution < 1.29 is 19.1 Å². The number of ketones is 1. The highest BCUT2D eigenvalue weighted by Crippen LogP contribution is 2.23. The van der Waals surface area contributed by atoms with E-state index in [1.165, 1.54) is 0 Å². The predicted molar refractivity (Wildman–Crippen MR) is 86.4 cm³/mol. The van der Waals surface area contributed by atoms with Gasteiger partial charge in [0.05, 0.1) is 13.7 Å². The van der Waals surface area contributed by atoms with Crippen LogP contribution in [0.5, 0.6) is 5.75 Å². The average Bonchev–Trinajstić information content (AvgIpc) is 2.50. The average molecular weight is 306 g/mol. The van der Waals surface area contributed by atoms with Gasteiger partial charge in [-0.2, -0.15) is 0 Å². The van der Waals surface area contributed by atoms with E-state index >= 15 is 0 Å². The molecule has 0 N–H and O–H groups in total. The largest absolute Gasteiger partial charge is 0.496 e. The van der Waals surface area contributed by atoms with Crippen molar-refractivity contribution in [2.75, 3.05) is 13.7 Å². The summed E-state index contributed by atoms with van der Waals surface area (Å²) in [5.41, 5.74) is 1.80. The van der Waals surface area contributed by atoms with Gasteiger partial charge in [-0.05, 0) is 44.7 Å². The van der Waals surface area contributed by atoms with Crippen molar-refractivity contribution in [2.24, 2.45) is 0 Å². The van der Waals surface area contributed by atoms with Crippen LogP contribution in [-0.2, 0) is 16.0 Å². The summed E-state index contributed by atoms with van der Waals surface area (Å²) in [4.78, 5) is 22.6. The SMILES string of the molecule is CCOC(=O)CCCCCCc1ccc(C(C)=O)cc1OC. The number of carbonyl (C=O) groups excluding carboxylic acids is 2. The van der Waals surface area contributed by atoms with Crippen molar-refractivity contribution in [2.45, 2.75) is 52.4 Å². The van der Waals surface area contributed by atoms with Gasteiger partial charge in [0.2, 0.25) is 0 Å². The number of hydrogen-bond acceptors (Lipinski definition) is 4. The first-order chi connectivity index (χ1) is 10.6. The molecule has 122 valence electrons. The molecule has 0 spiro atoms. The molecule has 0 radical (unpaired) electrons. The summed E-state index contributed by atoms with van der Waals surface area (Å²) >= 11 is 0. The molecule has 0 fully saturated rings. The Kier molecular flexibility index (Phi) is 8.26. The van der Waals surface area contributed by atoms with Gasteiger partial charge in [-0.3, -0.25) is 9.59 Å². The van der Waals surface area contributed by atoms with Crippen LogP contribution in [0.4, 0.5) is 0 Å². The number of aryl methyl sites for hydroxylation is 1. The van der Waals surface area contributed by atoms with E-state index in [2.05, 4.69) is 0 Å². The zero-order valence-corrected chi connectivity index (χ0v) is 13.8. The number of rotatable bonds is 10. The maximum Gasteiger partial charge on any atom is 0.305 e. The second-order valence-electron chi connectivity index (χ2n) is 5.30. The Balaban J connectivity index is 2.33. The zero-order valence-electron chi connectivity index (χ0n) is 13.8. The Morgan fingerprint density at radius 2 is 1.82 bits per heavy atom.